The number of benzene rings is 1. The van der Waals surface area contributed by atoms with Gasteiger partial charge in [0.25, 0.3) is 10.2 Å². The summed E-state index contributed by atoms with van der Waals surface area (Å²) in [7, 11) is -1.77. The molecule has 0 unspecified atom stereocenters. The van der Waals surface area contributed by atoms with Gasteiger partial charge in [0.2, 0.25) is 0 Å². The quantitative estimate of drug-likeness (QED) is 0.771. The number of hydrogen-bond acceptors (Lipinski definition) is 4. The largest absolute Gasteiger partial charge is 0.381 e. The Labute approximate surface area is 164 Å². The van der Waals surface area contributed by atoms with Crippen LogP contribution in [0.25, 0.3) is 0 Å². The Morgan fingerprint density at radius 1 is 1.04 bits per heavy atom. The zero-order valence-electron chi connectivity index (χ0n) is 16.3. The standard InChI is InChI=1S/C20H33N3O3S/c1-26-19-11-15-23(16-12-19)27(24,25)21-17-20(18-9-5-4-6-10-18)22-13-7-2-3-8-14-22/h4-6,9-10,19-21H,2-3,7-8,11-17H2,1H3/t20-/m1/s1. The van der Waals surface area contributed by atoms with Gasteiger partial charge in [0.15, 0.2) is 0 Å². The number of methoxy groups -OCH3 is 1. The van der Waals surface area contributed by atoms with E-state index >= 15 is 0 Å². The molecule has 0 amide bonds. The maximum absolute atomic E-state index is 12.8. The zero-order valence-corrected chi connectivity index (χ0v) is 17.2. The Bertz CT molecular complexity index is 652. The van der Waals surface area contributed by atoms with E-state index in [9.17, 15) is 8.42 Å². The molecule has 3 rings (SSSR count). The topological polar surface area (TPSA) is 61.9 Å². The van der Waals surface area contributed by atoms with Gasteiger partial charge in [0.05, 0.1) is 6.10 Å². The first-order valence-electron chi connectivity index (χ1n) is 10.2. The fourth-order valence-electron chi connectivity index (χ4n) is 4.12. The van der Waals surface area contributed by atoms with Gasteiger partial charge in [0, 0.05) is 32.8 Å². The molecule has 0 bridgehead atoms. The van der Waals surface area contributed by atoms with Crippen LogP contribution >= 0.6 is 0 Å². The van der Waals surface area contributed by atoms with Crippen molar-refractivity contribution in [3.05, 3.63) is 35.9 Å². The molecule has 0 saturated carbocycles. The van der Waals surface area contributed by atoms with Crippen LogP contribution in [0.15, 0.2) is 30.3 Å². The average molecular weight is 396 g/mol. The summed E-state index contributed by atoms with van der Waals surface area (Å²) in [5, 5.41) is 0. The Balaban J connectivity index is 1.66. The lowest BCUT2D eigenvalue weighted by Crippen LogP contribution is -2.48. The Morgan fingerprint density at radius 3 is 2.26 bits per heavy atom. The van der Waals surface area contributed by atoms with Crippen LogP contribution in [0.4, 0.5) is 0 Å². The lowest BCUT2D eigenvalue weighted by atomic mass is 10.1. The highest BCUT2D eigenvalue weighted by Crippen LogP contribution is 2.24. The van der Waals surface area contributed by atoms with E-state index in [2.05, 4.69) is 21.8 Å². The predicted octanol–water partition coefficient (Wildman–Crippen LogP) is 2.55. The summed E-state index contributed by atoms with van der Waals surface area (Å²) in [6.45, 7) is 3.51. The van der Waals surface area contributed by atoms with Crippen LogP contribution in [0.3, 0.4) is 0 Å². The molecule has 0 aromatic heterocycles. The molecule has 152 valence electrons. The van der Waals surface area contributed by atoms with E-state index in [-0.39, 0.29) is 12.1 Å². The molecule has 6 nitrogen and oxygen atoms in total. The van der Waals surface area contributed by atoms with Gasteiger partial charge >= 0.3 is 0 Å². The van der Waals surface area contributed by atoms with Gasteiger partial charge in [0.1, 0.15) is 0 Å². The molecule has 2 saturated heterocycles. The van der Waals surface area contributed by atoms with E-state index in [1.165, 1.54) is 31.2 Å². The van der Waals surface area contributed by atoms with Crippen LogP contribution < -0.4 is 4.72 Å². The lowest BCUT2D eigenvalue weighted by Gasteiger charge is -2.33. The summed E-state index contributed by atoms with van der Waals surface area (Å²) in [5.74, 6) is 0. The van der Waals surface area contributed by atoms with Crippen LogP contribution in [-0.4, -0.2) is 63.6 Å². The number of ether oxygens (including phenoxy) is 1. The van der Waals surface area contributed by atoms with Gasteiger partial charge in [-0.3, -0.25) is 4.90 Å². The van der Waals surface area contributed by atoms with Crippen LogP contribution in [0, 0.1) is 0 Å². The number of piperidine rings is 1. The molecule has 2 aliphatic heterocycles. The van der Waals surface area contributed by atoms with Crippen LogP contribution in [-0.2, 0) is 14.9 Å². The van der Waals surface area contributed by atoms with Gasteiger partial charge in [-0.15, -0.1) is 0 Å². The predicted molar refractivity (Wildman–Crippen MR) is 108 cm³/mol. The summed E-state index contributed by atoms with van der Waals surface area (Å²) in [6, 6.07) is 10.4. The van der Waals surface area contributed by atoms with Crippen molar-refractivity contribution < 1.29 is 13.2 Å². The normalized spacial score (nSPS) is 22.4. The van der Waals surface area contributed by atoms with Gasteiger partial charge in [-0.05, 0) is 44.3 Å². The van der Waals surface area contributed by atoms with Gasteiger partial charge in [-0.25, -0.2) is 4.72 Å². The van der Waals surface area contributed by atoms with Crippen molar-refractivity contribution in [2.75, 3.05) is 39.8 Å². The summed E-state index contributed by atoms with van der Waals surface area (Å²) in [6.07, 6.45) is 6.57. The van der Waals surface area contributed by atoms with E-state index in [4.69, 9.17) is 4.74 Å². The van der Waals surface area contributed by atoms with E-state index in [0.29, 0.717) is 19.6 Å². The molecule has 0 aliphatic carbocycles. The Morgan fingerprint density at radius 2 is 1.67 bits per heavy atom. The monoisotopic (exact) mass is 395 g/mol. The van der Waals surface area contributed by atoms with E-state index < -0.39 is 10.2 Å². The minimum Gasteiger partial charge on any atom is -0.381 e. The SMILES string of the molecule is COC1CCN(S(=O)(=O)NC[C@H](c2ccccc2)N2CCCCCC2)CC1. The van der Waals surface area contributed by atoms with Crippen molar-refractivity contribution in [3.8, 4) is 0 Å². The number of hydrogen-bond donors (Lipinski definition) is 1. The van der Waals surface area contributed by atoms with Crippen molar-refractivity contribution in [3.63, 3.8) is 0 Å². The molecule has 1 aromatic rings. The maximum atomic E-state index is 12.8. The van der Waals surface area contributed by atoms with Crippen molar-refractivity contribution in [2.45, 2.75) is 50.7 Å². The first-order valence-corrected chi connectivity index (χ1v) is 11.6. The van der Waals surface area contributed by atoms with Crippen molar-refractivity contribution in [2.24, 2.45) is 0 Å². The lowest BCUT2D eigenvalue weighted by molar-refractivity contribution is 0.0601. The van der Waals surface area contributed by atoms with Crippen LogP contribution in [0.1, 0.15) is 50.1 Å². The molecule has 27 heavy (non-hydrogen) atoms. The molecular formula is C20H33N3O3S. The van der Waals surface area contributed by atoms with Gasteiger partial charge in [-0.2, -0.15) is 12.7 Å². The molecule has 0 radical (unpaired) electrons. The minimum absolute atomic E-state index is 0.0792. The molecule has 2 heterocycles. The highest BCUT2D eigenvalue weighted by Gasteiger charge is 2.29. The Kier molecular flexibility index (Phi) is 7.66. The Hall–Kier alpha value is -0.990. The van der Waals surface area contributed by atoms with Gasteiger partial charge in [-0.1, -0.05) is 43.2 Å². The van der Waals surface area contributed by atoms with E-state index in [0.717, 1.165) is 25.9 Å². The van der Waals surface area contributed by atoms with E-state index in [1.807, 2.05) is 18.2 Å². The molecular weight excluding hydrogens is 362 g/mol. The van der Waals surface area contributed by atoms with Crippen molar-refractivity contribution in [1.82, 2.24) is 13.9 Å². The highest BCUT2D eigenvalue weighted by molar-refractivity contribution is 7.87. The third-order valence-electron chi connectivity index (χ3n) is 5.80. The fraction of sp³-hybridized carbons (Fsp3) is 0.700. The molecule has 2 aliphatic rings. The summed E-state index contributed by atoms with van der Waals surface area (Å²) >= 11 is 0. The average Bonchev–Trinajstić information content (AvgIpc) is 2.98. The van der Waals surface area contributed by atoms with Gasteiger partial charge < -0.3 is 4.74 Å². The first kappa shape index (κ1) is 20.7. The van der Waals surface area contributed by atoms with Crippen LogP contribution in [0.2, 0.25) is 0 Å². The van der Waals surface area contributed by atoms with E-state index in [1.54, 1.807) is 11.4 Å². The minimum atomic E-state index is -3.46. The molecule has 1 atom stereocenters. The number of nitrogens with zero attached hydrogens (tertiary/aromatic N) is 2. The zero-order chi connectivity index (χ0) is 19.1. The number of rotatable bonds is 7. The molecule has 1 aromatic carbocycles. The second-order valence-electron chi connectivity index (χ2n) is 7.56. The highest BCUT2D eigenvalue weighted by atomic mass is 32.2. The third-order valence-corrected chi connectivity index (χ3v) is 7.38. The fourth-order valence-corrected chi connectivity index (χ4v) is 5.37. The molecule has 2 fully saturated rings. The molecule has 1 N–H and O–H groups in total. The number of nitrogens with one attached hydrogen (secondary N) is 1. The summed E-state index contributed by atoms with van der Waals surface area (Å²) < 4.78 is 35.5. The number of likely N-dealkylation sites (tertiary alicyclic amines) is 1. The second-order valence-corrected chi connectivity index (χ2v) is 9.32. The smallest absolute Gasteiger partial charge is 0.279 e. The molecule has 7 heteroatoms. The summed E-state index contributed by atoms with van der Waals surface area (Å²) in [4.78, 5) is 2.45. The van der Waals surface area contributed by atoms with Crippen molar-refractivity contribution >= 4 is 10.2 Å². The first-order chi connectivity index (χ1) is 13.1. The van der Waals surface area contributed by atoms with Crippen LogP contribution in [0.5, 0.6) is 0 Å². The summed E-state index contributed by atoms with van der Waals surface area (Å²) in [5.41, 5.74) is 1.18. The second kappa shape index (κ2) is 9.98. The molecule has 0 spiro atoms. The maximum Gasteiger partial charge on any atom is 0.279 e. The third kappa shape index (κ3) is 5.74. The van der Waals surface area contributed by atoms with Crippen molar-refractivity contribution in [1.29, 1.82) is 0 Å².